The van der Waals surface area contributed by atoms with Gasteiger partial charge in [0.25, 0.3) is 0 Å². The second-order valence-corrected chi connectivity index (χ2v) is 22.4. The zero-order valence-electron chi connectivity index (χ0n) is 49.9. The average Bonchev–Trinajstić information content (AvgIpc) is 3.34. The van der Waals surface area contributed by atoms with Crippen molar-refractivity contribution in [2.24, 2.45) is 0 Å². The third-order valence-corrected chi connectivity index (χ3v) is 14.0. The maximum Gasteiger partial charge on any atom is 0.306 e. The predicted octanol–water partition coefficient (Wildman–Crippen LogP) is 3.95. The number of hydrogen-bond acceptors (Lipinski definition) is 15. The Morgan fingerprint density at radius 1 is 0.597 bits per heavy atom. The molecule has 0 atom stereocenters. The minimum Gasteiger partial charge on any atom is -0.460 e. The molecule has 0 bridgehead atoms. The Hall–Kier alpha value is -2.32. The topological polar surface area (TPSA) is 94.3 Å². The van der Waals surface area contributed by atoms with Gasteiger partial charge in [0.2, 0.25) is 5.91 Å². The van der Waals surface area contributed by atoms with Crippen LogP contribution in [0.4, 0.5) is 5.69 Å². The summed E-state index contributed by atoms with van der Waals surface area (Å²) in [5.41, 5.74) is 0.605. The molecule has 4 fully saturated rings. The summed E-state index contributed by atoms with van der Waals surface area (Å²) in [7, 11) is 16.7. The Morgan fingerprint density at radius 3 is 1.35 bits per heavy atom. The number of piperazine rings is 4. The molecule has 72 heavy (non-hydrogen) atoms. The number of carbonyl (C=O) groups excluding carboxylic acids is 2. The molecule has 1 amide bonds. The van der Waals surface area contributed by atoms with Crippen LogP contribution in [0.2, 0.25) is 0 Å². The highest BCUT2D eigenvalue weighted by Crippen LogP contribution is 2.13. The number of carbonyl (C=O) groups is 2. The number of nitrogens with one attached hydrogen (secondary N) is 1. The summed E-state index contributed by atoms with van der Waals surface area (Å²) < 4.78 is 5.12. The van der Waals surface area contributed by atoms with E-state index in [1.807, 2.05) is 65.2 Å². The molecule has 1 N–H and O–H groups in total. The minimum atomic E-state index is -0.350. The third kappa shape index (κ3) is 33.6. The predicted molar refractivity (Wildman–Crippen MR) is 308 cm³/mol. The van der Waals surface area contributed by atoms with Crippen molar-refractivity contribution in [2.45, 2.75) is 92.8 Å². The maximum absolute atomic E-state index is 12.2. The highest BCUT2D eigenvalue weighted by molar-refractivity contribution is 5.94. The second-order valence-electron chi connectivity index (χ2n) is 22.4. The summed E-state index contributed by atoms with van der Waals surface area (Å²) in [6.07, 6.45) is 1.34. The Balaban J connectivity index is 0.000000454. The number of hydrogen-bond donors (Lipinski definition) is 1. The molecule has 4 aliphatic heterocycles. The van der Waals surface area contributed by atoms with Crippen molar-refractivity contribution in [2.75, 3.05) is 231 Å². The number of anilines is 1. The lowest BCUT2D eigenvalue weighted by Crippen LogP contribution is -2.48. The maximum atomic E-state index is 12.2. The fourth-order valence-electron chi connectivity index (χ4n) is 8.65. The summed E-state index contributed by atoms with van der Waals surface area (Å²) in [6.45, 7) is 49.2. The van der Waals surface area contributed by atoms with Crippen LogP contribution in [0.1, 0.15) is 75.2 Å². The lowest BCUT2D eigenvalue weighted by molar-refractivity contribution is -0.154. The average molecular weight is 1020 g/mol. The quantitative estimate of drug-likeness (QED) is 0.151. The van der Waals surface area contributed by atoms with E-state index in [-0.39, 0.29) is 17.5 Å². The number of rotatable bonds is 20. The fourth-order valence-corrected chi connectivity index (χ4v) is 8.65. The molecule has 0 spiro atoms. The first-order valence-electron chi connectivity index (χ1n) is 28.0. The largest absolute Gasteiger partial charge is 0.460 e. The van der Waals surface area contributed by atoms with E-state index in [0.29, 0.717) is 25.0 Å². The van der Waals surface area contributed by atoms with E-state index in [4.69, 9.17) is 4.74 Å². The first-order chi connectivity index (χ1) is 34.1. The van der Waals surface area contributed by atoms with Gasteiger partial charge in [-0.25, -0.2) is 0 Å². The van der Waals surface area contributed by atoms with Crippen molar-refractivity contribution < 1.29 is 14.3 Å². The van der Waals surface area contributed by atoms with Gasteiger partial charge in [-0.2, -0.15) is 0 Å². The number of nitrogens with zero attached hydrogens (tertiary/aromatic N) is 12. The molecule has 1 aromatic carbocycles. The van der Waals surface area contributed by atoms with Crippen LogP contribution >= 0.6 is 0 Å². The first kappa shape index (κ1) is 67.7. The summed E-state index contributed by atoms with van der Waals surface area (Å²) in [5, 5.41) is 2.98. The number of likely N-dealkylation sites (N-methyl/N-ethyl adjacent to an activating group) is 7. The van der Waals surface area contributed by atoms with E-state index >= 15 is 0 Å². The summed E-state index contributed by atoms with van der Waals surface area (Å²) >= 11 is 0. The minimum absolute atomic E-state index is 0.113. The van der Waals surface area contributed by atoms with Crippen molar-refractivity contribution in [3.63, 3.8) is 0 Å². The van der Waals surface area contributed by atoms with Crippen molar-refractivity contribution in [3.05, 3.63) is 30.3 Å². The Labute approximate surface area is 444 Å². The van der Waals surface area contributed by atoms with Crippen molar-refractivity contribution in [1.82, 2.24) is 59.2 Å². The molecule has 5 rings (SSSR count). The molecular weight excluding hydrogens is 903 g/mol. The van der Waals surface area contributed by atoms with Crippen LogP contribution in [-0.4, -0.2) is 310 Å². The summed E-state index contributed by atoms with van der Waals surface area (Å²) in [5.74, 6) is 0.0449. The summed E-state index contributed by atoms with van der Waals surface area (Å²) in [6, 6.07) is 11.1. The molecule has 0 unspecified atom stereocenters. The second kappa shape index (κ2) is 39.1. The van der Waals surface area contributed by atoms with Gasteiger partial charge in [0.05, 0.1) is 6.54 Å². The molecule has 4 aliphatic rings. The van der Waals surface area contributed by atoms with Gasteiger partial charge < -0.3 is 44.4 Å². The molecule has 16 heteroatoms. The smallest absolute Gasteiger partial charge is 0.306 e. The highest BCUT2D eigenvalue weighted by Gasteiger charge is 2.21. The van der Waals surface area contributed by atoms with Gasteiger partial charge in [-0.15, -0.1) is 0 Å². The number of esters is 1. The molecule has 1 aromatic rings. The third-order valence-electron chi connectivity index (χ3n) is 14.0. The Bertz CT molecular complexity index is 1440. The number of para-hydroxylation sites is 1. The molecule has 0 aliphatic carbocycles. The van der Waals surface area contributed by atoms with Crippen LogP contribution in [0.5, 0.6) is 0 Å². The molecule has 422 valence electrons. The first-order valence-corrected chi connectivity index (χ1v) is 28.0. The van der Waals surface area contributed by atoms with Crippen LogP contribution in [0.3, 0.4) is 0 Å². The van der Waals surface area contributed by atoms with Gasteiger partial charge in [0.15, 0.2) is 0 Å². The summed E-state index contributed by atoms with van der Waals surface area (Å²) in [4.78, 5) is 51.8. The van der Waals surface area contributed by atoms with Gasteiger partial charge in [-0.05, 0) is 136 Å². The molecule has 4 saturated heterocycles. The Morgan fingerprint density at radius 2 is 0.986 bits per heavy atom. The van der Waals surface area contributed by atoms with Crippen LogP contribution < -0.4 is 10.2 Å². The Kier molecular flexibility index (Phi) is 36.8. The fraction of sp³-hybridized carbons (Fsp3) is 0.857. The molecule has 0 saturated carbocycles. The van der Waals surface area contributed by atoms with E-state index in [1.54, 1.807) is 4.90 Å². The van der Waals surface area contributed by atoms with Crippen LogP contribution in [0, 0.1) is 0 Å². The van der Waals surface area contributed by atoms with Crippen molar-refractivity contribution in [3.8, 4) is 0 Å². The van der Waals surface area contributed by atoms with Crippen LogP contribution in [0.25, 0.3) is 0 Å². The number of benzene rings is 1. The van der Waals surface area contributed by atoms with Gasteiger partial charge in [-0.3, -0.25) is 34.1 Å². The van der Waals surface area contributed by atoms with Crippen molar-refractivity contribution in [1.29, 1.82) is 0 Å². The molecular formula is C56H115N13O3. The van der Waals surface area contributed by atoms with E-state index in [1.165, 1.54) is 131 Å². The van der Waals surface area contributed by atoms with Gasteiger partial charge in [-0.1, -0.05) is 32.0 Å². The van der Waals surface area contributed by atoms with Crippen LogP contribution in [-0.2, 0) is 14.3 Å². The van der Waals surface area contributed by atoms with Gasteiger partial charge >= 0.3 is 5.97 Å². The lowest BCUT2D eigenvalue weighted by Gasteiger charge is -2.36. The van der Waals surface area contributed by atoms with Gasteiger partial charge in [0, 0.05) is 175 Å². The van der Waals surface area contributed by atoms with E-state index < -0.39 is 0 Å². The molecule has 16 nitrogen and oxygen atoms in total. The zero-order valence-corrected chi connectivity index (χ0v) is 49.9. The van der Waals surface area contributed by atoms with E-state index in [9.17, 15) is 9.59 Å². The zero-order chi connectivity index (χ0) is 54.1. The normalized spacial score (nSPS) is 18.5. The van der Waals surface area contributed by atoms with Crippen molar-refractivity contribution >= 4 is 17.6 Å². The highest BCUT2D eigenvalue weighted by atomic mass is 16.6. The molecule has 4 heterocycles. The van der Waals surface area contributed by atoms with Gasteiger partial charge in [0.1, 0.15) is 5.60 Å². The number of ether oxygens (including phenoxy) is 1. The molecule has 0 aromatic heterocycles. The standard InChI is InChI=1S/C14H21N3O.C13H29N3.C11H25N3.C9H21N3.C9H19NO2/c1-15-8-10-17(11-9-15)12-14(18)16(2)13-6-4-3-5-7-13;1-12(2)16(13(3)4)11-10-15-8-6-14(5)7-9-15;1-4-13(5-2)10-11-14-8-6-12(3)7-9-14;1-10(2)4-7-12-8-5-11(3)6-9-12;1-9(2,3)12-8(11)6-5-7-10-4/h3-7H,8-12H2,1-2H3;12-13H,6-11H2,1-5H3;4-11H2,1-3H3;4-9H2,1-3H3;10H,5-7H2,1-4H3. The van der Waals surface area contributed by atoms with E-state index in [0.717, 1.165) is 44.8 Å². The van der Waals surface area contributed by atoms with E-state index in [2.05, 4.69) is 143 Å². The monoisotopic (exact) mass is 1020 g/mol. The van der Waals surface area contributed by atoms with Crippen LogP contribution in [0.15, 0.2) is 30.3 Å². The molecule has 0 radical (unpaired) electrons. The SMILES string of the molecule is CC(C)N(CCN1CCN(C)CC1)C(C)C.CCN(CC)CCN1CCN(C)CC1.CN(C)CCN1CCN(C)CC1.CN1CCN(CC(=O)N(C)c2ccccc2)CC1.CNCCCC(=O)OC(C)(C)C. The number of amides is 1. The lowest BCUT2D eigenvalue weighted by atomic mass is 10.2.